The van der Waals surface area contributed by atoms with Crippen molar-refractivity contribution in [2.75, 3.05) is 0 Å². The fourth-order valence-electron chi connectivity index (χ4n) is 8.98. The number of rotatable bonds is 8. The molecule has 3 heterocycles. The van der Waals surface area contributed by atoms with Crippen LogP contribution in [0.4, 0.5) is 0 Å². The van der Waals surface area contributed by atoms with Crippen LogP contribution in [0.5, 0.6) is 0 Å². The standard InChI is InChI=1S/C59H38N6/c1-5-19-39(20-6-1)51-38-52(61-59(60-51)50-37-54-55(48-32-14-13-31-47(48)50)49-33-15-16-34-53(49)65(54)46-29-11-4-12-30-46)44-27-17-25-42(35-44)43-26-18-28-45(36-43)58-63-56(40-21-7-2-8-22-40)62-57(64-58)41-23-9-3-10-24-41/h1-38H. The maximum Gasteiger partial charge on any atom is 0.164 e. The zero-order valence-electron chi connectivity index (χ0n) is 35.1. The Morgan fingerprint density at radius 3 is 1.34 bits per heavy atom. The van der Waals surface area contributed by atoms with Crippen LogP contribution in [-0.2, 0) is 0 Å². The van der Waals surface area contributed by atoms with Crippen LogP contribution in [0.1, 0.15) is 0 Å². The van der Waals surface area contributed by atoms with E-state index in [1.54, 1.807) is 0 Å². The lowest BCUT2D eigenvalue weighted by Gasteiger charge is -2.14. The summed E-state index contributed by atoms with van der Waals surface area (Å²) in [5.74, 6) is 2.53. The molecule has 12 rings (SSSR count). The molecule has 3 aromatic heterocycles. The minimum atomic E-state index is 0.610. The first kappa shape index (κ1) is 37.9. The van der Waals surface area contributed by atoms with E-state index in [0.29, 0.717) is 23.3 Å². The number of hydrogen-bond donors (Lipinski definition) is 0. The van der Waals surface area contributed by atoms with Crippen LogP contribution in [0.2, 0.25) is 0 Å². The van der Waals surface area contributed by atoms with E-state index < -0.39 is 0 Å². The highest BCUT2D eigenvalue weighted by atomic mass is 15.0. The van der Waals surface area contributed by atoms with Gasteiger partial charge >= 0.3 is 0 Å². The van der Waals surface area contributed by atoms with Gasteiger partial charge in [0.05, 0.1) is 22.4 Å². The molecule has 0 fully saturated rings. The summed E-state index contributed by atoms with van der Waals surface area (Å²) in [5.41, 5.74) is 12.9. The van der Waals surface area contributed by atoms with Crippen molar-refractivity contribution in [1.82, 2.24) is 29.5 Å². The Bertz CT molecular complexity index is 3640. The van der Waals surface area contributed by atoms with Gasteiger partial charge in [0.1, 0.15) is 0 Å². The number of nitrogens with zero attached hydrogens (tertiary/aromatic N) is 6. The number of para-hydroxylation sites is 2. The Hall–Kier alpha value is -8.87. The topological polar surface area (TPSA) is 69.4 Å². The van der Waals surface area contributed by atoms with Gasteiger partial charge in [-0.15, -0.1) is 0 Å². The fraction of sp³-hybridized carbons (Fsp3) is 0. The molecule has 65 heavy (non-hydrogen) atoms. The van der Waals surface area contributed by atoms with Crippen LogP contribution in [0, 0.1) is 0 Å². The maximum atomic E-state index is 5.44. The average Bonchev–Trinajstić information content (AvgIpc) is 3.74. The summed E-state index contributed by atoms with van der Waals surface area (Å²) in [4.78, 5) is 25.7. The predicted octanol–water partition coefficient (Wildman–Crippen LogP) is 14.6. The van der Waals surface area contributed by atoms with Crippen molar-refractivity contribution in [2.24, 2.45) is 0 Å². The molecule has 6 nitrogen and oxygen atoms in total. The Kier molecular flexibility index (Phi) is 9.38. The highest BCUT2D eigenvalue weighted by molar-refractivity contribution is 6.24. The third-order valence-corrected chi connectivity index (χ3v) is 12.0. The molecular formula is C59H38N6. The van der Waals surface area contributed by atoms with Gasteiger partial charge in [0, 0.05) is 49.8 Å². The molecule has 0 N–H and O–H groups in total. The van der Waals surface area contributed by atoms with Crippen molar-refractivity contribution >= 4 is 32.6 Å². The Morgan fingerprint density at radius 2 is 0.708 bits per heavy atom. The predicted molar refractivity (Wildman–Crippen MR) is 265 cm³/mol. The Balaban J connectivity index is 1.01. The van der Waals surface area contributed by atoms with Crippen LogP contribution >= 0.6 is 0 Å². The summed E-state index contributed by atoms with van der Waals surface area (Å²) in [6.07, 6.45) is 0. The molecule has 0 saturated carbocycles. The lowest BCUT2D eigenvalue weighted by molar-refractivity contribution is 1.07. The second-order valence-corrected chi connectivity index (χ2v) is 16.1. The highest BCUT2D eigenvalue weighted by Gasteiger charge is 2.21. The lowest BCUT2D eigenvalue weighted by Crippen LogP contribution is -2.00. The zero-order chi connectivity index (χ0) is 43.1. The molecule has 0 atom stereocenters. The smallest absolute Gasteiger partial charge is 0.164 e. The van der Waals surface area contributed by atoms with E-state index >= 15 is 0 Å². The number of fused-ring (bicyclic) bond motifs is 5. The summed E-state index contributed by atoms with van der Waals surface area (Å²) in [7, 11) is 0. The molecule has 304 valence electrons. The van der Waals surface area contributed by atoms with E-state index in [2.05, 4.69) is 168 Å². The number of benzene rings is 9. The summed E-state index contributed by atoms with van der Waals surface area (Å²) in [5, 5.41) is 4.68. The van der Waals surface area contributed by atoms with Crippen LogP contribution in [0.3, 0.4) is 0 Å². The minimum Gasteiger partial charge on any atom is -0.309 e. The molecule has 0 saturated heterocycles. The highest BCUT2D eigenvalue weighted by Crippen LogP contribution is 2.42. The molecular weight excluding hydrogens is 793 g/mol. The molecule has 0 aliphatic carbocycles. The van der Waals surface area contributed by atoms with E-state index in [0.717, 1.165) is 83.4 Å². The Morgan fingerprint density at radius 1 is 0.262 bits per heavy atom. The van der Waals surface area contributed by atoms with Gasteiger partial charge in [0.15, 0.2) is 23.3 Å². The van der Waals surface area contributed by atoms with E-state index in [9.17, 15) is 0 Å². The van der Waals surface area contributed by atoms with Crippen molar-refractivity contribution in [3.63, 3.8) is 0 Å². The molecule has 12 aromatic rings. The number of hydrogen-bond acceptors (Lipinski definition) is 5. The first-order chi connectivity index (χ1) is 32.2. The molecule has 0 amide bonds. The monoisotopic (exact) mass is 830 g/mol. The van der Waals surface area contributed by atoms with Gasteiger partial charge in [0.2, 0.25) is 0 Å². The molecule has 0 aliphatic heterocycles. The van der Waals surface area contributed by atoms with Crippen molar-refractivity contribution in [2.45, 2.75) is 0 Å². The first-order valence-electron chi connectivity index (χ1n) is 21.8. The average molecular weight is 831 g/mol. The van der Waals surface area contributed by atoms with Crippen LogP contribution in [0.15, 0.2) is 231 Å². The SMILES string of the molecule is c1ccc(-c2cc(-c3cccc(-c4cccc(-c5nc(-c6ccccc6)nc(-c6ccccc6)n5)c4)c3)nc(-c3cc4c(c5ccccc35)c3ccccc3n4-c3ccccc3)n2)cc1. The normalized spacial score (nSPS) is 11.4. The van der Waals surface area contributed by atoms with Crippen molar-refractivity contribution in [3.05, 3.63) is 231 Å². The van der Waals surface area contributed by atoms with Gasteiger partial charge in [-0.1, -0.05) is 188 Å². The molecule has 0 spiro atoms. The number of aromatic nitrogens is 6. The first-order valence-corrected chi connectivity index (χ1v) is 21.8. The molecule has 9 aromatic carbocycles. The van der Waals surface area contributed by atoms with Gasteiger partial charge in [0.25, 0.3) is 0 Å². The molecule has 0 aliphatic rings. The van der Waals surface area contributed by atoms with E-state index in [1.165, 1.54) is 10.8 Å². The van der Waals surface area contributed by atoms with Gasteiger partial charge in [-0.05, 0) is 64.4 Å². The van der Waals surface area contributed by atoms with E-state index in [-0.39, 0.29) is 0 Å². The summed E-state index contributed by atoms with van der Waals surface area (Å²) >= 11 is 0. The van der Waals surface area contributed by atoms with Crippen molar-refractivity contribution in [1.29, 1.82) is 0 Å². The van der Waals surface area contributed by atoms with Gasteiger partial charge in [-0.25, -0.2) is 24.9 Å². The molecule has 6 heteroatoms. The Labute approximate surface area is 375 Å². The van der Waals surface area contributed by atoms with Gasteiger partial charge in [-0.2, -0.15) is 0 Å². The van der Waals surface area contributed by atoms with Crippen molar-refractivity contribution in [3.8, 4) is 84.9 Å². The molecule has 0 unspecified atom stereocenters. The quantitative estimate of drug-likeness (QED) is 0.153. The molecule has 0 radical (unpaired) electrons. The van der Waals surface area contributed by atoms with E-state index in [4.69, 9.17) is 24.9 Å². The third-order valence-electron chi connectivity index (χ3n) is 12.0. The minimum absolute atomic E-state index is 0.610. The summed E-state index contributed by atoms with van der Waals surface area (Å²) in [6.45, 7) is 0. The summed E-state index contributed by atoms with van der Waals surface area (Å²) < 4.78 is 2.36. The van der Waals surface area contributed by atoms with Gasteiger partial charge in [-0.3, -0.25) is 0 Å². The van der Waals surface area contributed by atoms with E-state index in [1.807, 2.05) is 66.7 Å². The molecule has 0 bridgehead atoms. The zero-order valence-corrected chi connectivity index (χ0v) is 35.1. The lowest BCUT2D eigenvalue weighted by atomic mass is 9.97. The van der Waals surface area contributed by atoms with Gasteiger partial charge < -0.3 is 4.57 Å². The van der Waals surface area contributed by atoms with Crippen LogP contribution < -0.4 is 0 Å². The fourth-order valence-corrected chi connectivity index (χ4v) is 8.98. The third kappa shape index (κ3) is 7.00. The largest absolute Gasteiger partial charge is 0.309 e. The van der Waals surface area contributed by atoms with Crippen LogP contribution in [-0.4, -0.2) is 29.5 Å². The second-order valence-electron chi connectivity index (χ2n) is 16.1. The summed E-state index contributed by atoms with van der Waals surface area (Å²) in [6, 6.07) is 79.8. The maximum absolute atomic E-state index is 5.44. The van der Waals surface area contributed by atoms with Crippen molar-refractivity contribution < 1.29 is 0 Å². The van der Waals surface area contributed by atoms with Crippen LogP contribution in [0.25, 0.3) is 117 Å². The second kappa shape index (κ2) is 16.1.